The van der Waals surface area contributed by atoms with Gasteiger partial charge in [0, 0.05) is 19.8 Å². The third-order valence-electron chi connectivity index (χ3n) is 2.27. The molecule has 0 aromatic carbocycles. The fourth-order valence-corrected chi connectivity index (χ4v) is 1.11. The van der Waals surface area contributed by atoms with E-state index in [0.29, 0.717) is 17.8 Å². The molecule has 0 bridgehead atoms. The molecule has 0 unspecified atom stereocenters. The molecule has 0 fully saturated rings. The van der Waals surface area contributed by atoms with Gasteiger partial charge in [0.15, 0.2) is 0 Å². The second-order valence-corrected chi connectivity index (χ2v) is 3.29. The fourth-order valence-electron chi connectivity index (χ4n) is 1.11. The van der Waals surface area contributed by atoms with Gasteiger partial charge in [0.1, 0.15) is 6.07 Å². The van der Waals surface area contributed by atoms with Crippen molar-refractivity contribution in [3.63, 3.8) is 0 Å². The van der Waals surface area contributed by atoms with E-state index in [1.54, 1.807) is 24.2 Å². The van der Waals surface area contributed by atoms with Crippen molar-refractivity contribution in [1.29, 1.82) is 5.26 Å². The number of carbonyl (C=O) groups excluding carboxylic acids is 1. The van der Waals surface area contributed by atoms with Crippen molar-refractivity contribution in [2.24, 2.45) is 0 Å². The maximum atomic E-state index is 11.5. The van der Waals surface area contributed by atoms with Crippen LogP contribution in [0.4, 0.5) is 5.69 Å². The normalized spacial score (nSPS) is 9.31. The lowest BCUT2D eigenvalue weighted by molar-refractivity contribution is -0.127. The van der Waals surface area contributed by atoms with Crippen LogP contribution in [0.1, 0.15) is 12.5 Å². The van der Waals surface area contributed by atoms with Crippen molar-refractivity contribution < 1.29 is 4.79 Å². The van der Waals surface area contributed by atoms with Gasteiger partial charge in [0.2, 0.25) is 5.91 Å². The Morgan fingerprint density at radius 2 is 2.44 bits per heavy atom. The quantitative estimate of drug-likeness (QED) is 0.813. The van der Waals surface area contributed by atoms with Gasteiger partial charge in [0.05, 0.1) is 24.0 Å². The van der Waals surface area contributed by atoms with Gasteiger partial charge >= 0.3 is 0 Å². The van der Waals surface area contributed by atoms with Crippen LogP contribution in [0.25, 0.3) is 0 Å². The number of anilines is 1. The van der Waals surface area contributed by atoms with Crippen molar-refractivity contribution in [2.75, 3.05) is 25.5 Å². The minimum atomic E-state index is -0.0183. The first kappa shape index (κ1) is 12.0. The molecular formula is C11H14N4O. The number of hydrogen-bond acceptors (Lipinski definition) is 4. The Balaban J connectivity index is 2.62. The molecule has 16 heavy (non-hydrogen) atoms. The van der Waals surface area contributed by atoms with E-state index in [4.69, 9.17) is 5.26 Å². The summed E-state index contributed by atoms with van der Waals surface area (Å²) in [4.78, 5) is 17.0. The summed E-state index contributed by atoms with van der Waals surface area (Å²) in [6.45, 7) is 2.74. The molecule has 1 aromatic heterocycles. The Hall–Kier alpha value is -2.09. The molecule has 1 amide bonds. The van der Waals surface area contributed by atoms with Crippen molar-refractivity contribution in [3.8, 4) is 6.07 Å². The molecule has 5 nitrogen and oxygen atoms in total. The Morgan fingerprint density at radius 3 is 3.06 bits per heavy atom. The van der Waals surface area contributed by atoms with Crippen LogP contribution in [-0.4, -0.2) is 35.9 Å². The highest BCUT2D eigenvalue weighted by Crippen LogP contribution is 2.10. The first-order valence-electron chi connectivity index (χ1n) is 5.01. The predicted octanol–water partition coefficient (Wildman–Crippen LogP) is 0.843. The number of carbonyl (C=O) groups is 1. The SMILES string of the molecule is CCN(C)C(=O)CNc1cnccc1C#N. The summed E-state index contributed by atoms with van der Waals surface area (Å²) in [5.41, 5.74) is 1.07. The molecule has 0 aliphatic heterocycles. The Bertz CT molecular complexity index is 411. The maximum absolute atomic E-state index is 11.5. The van der Waals surface area contributed by atoms with E-state index in [9.17, 15) is 4.79 Å². The summed E-state index contributed by atoms with van der Waals surface area (Å²) in [6.07, 6.45) is 3.08. The average molecular weight is 218 g/mol. The zero-order valence-corrected chi connectivity index (χ0v) is 9.40. The summed E-state index contributed by atoms with van der Waals surface area (Å²) in [6, 6.07) is 3.64. The number of hydrogen-bond donors (Lipinski definition) is 1. The van der Waals surface area contributed by atoms with E-state index in [2.05, 4.69) is 10.3 Å². The molecular weight excluding hydrogens is 204 g/mol. The number of aromatic nitrogens is 1. The first-order chi connectivity index (χ1) is 7.69. The third kappa shape index (κ3) is 2.95. The van der Waals surface area contributed by atoms with Crippen LogP contribution < -0.4 is 5.32 Å². The van der Waals surface area contributed by atoms with Crippen molar-refractivity contribution in [3.05, 3.63) is 24.0 Å². The summed E-state index contributed by atoms with van der Waals surface area (Å²) in [5.74, 6) is -0.0183. The van der Waals surface area contributed by atoms with Crippen LogP contribution in [-0.2, 0) is 4.79 Å². The summed E-state index contributed by atoms with van der Waals surface area (Å²) >= 11 is 0. The van der Waals surface area contributed by atoms with Crippen molar-refractivity contribution in [1.82, 2.24) is 9.88 Å². The molecule has 0 atom stereocenters. The maximum Gasteiger partial charge on any atom is 0.241 e. The van der Waals surface area contributed by atoms with Gasteiger partial charge in [-0.25, -0.2) is 0 Å². The first-order valence-corrected chi connectivity index (χ1v) is 5.01. The van der Waals surface area contributed by atoms with Crippen molar-refractivity contribution in [2.45, 2.75) is 6.92 Å². The number of pyridine rings is 1. The number of nitriles is 1. The molecule has 1 rings (SSSR count). The van der Waals surface area contributed by atoms with Gasteiger partial charge in [-0.15, -0.1) is 0 Å². The molecule has 5 heteroatoms. The summed E-state index contributed by atoms with van der Waals surface area (Å²) in [5, 5.41) is 11.7. The molecule has 1 aromatic rings. The van der Waals surface area contributed by atoms with Crippen LogP contribution in [0.15, 0.2) is 18.5 Å². The van der Waals surface area contributed by atoms with Crippen molar-refractivity contribution >= 4 is 11.6 Å². The second-order valence-electron chi connectivity index (χ2n) is 3.29. The van der Waals surface area contributed by atoms with E-state index in [1.165, 1.54) is 6.20 Å². The van der Waals surface area contributed by atoms with Crippen LogP contribution in [0.3, 0.4) is 0 Å². The highest BCUT2D eigenvalue weighted by atomic mass is 16.2. The molecule has 84 valence electrons. The van der Waals surface area contributed by atoms with Gasteiger partial charge in [-0.2, -0.15) is 5.26 Å². The molecule has 1 N–H and O–H groups in total. The highest BCUT2D eigenvalue weighted by Gasteiger charge is 2.07. The van der Waals surface area contributed by atoms with Gasteiger partial charge in [-0.1, -0.05) is 0 Å². The monoisotopic (exact) mass is 218 g/mol. The molecule has 0 saturated heterocycles. The predicted molar refractivity (Wildman–Crippen MR) is 60.8 cm³/mol. The minimum absolute atomic E-state index is 0.0183. The minimum Gasteiger partial charge on any atom is -0.374 e. The number of amides is 1. The van der Waals surface area contributed by atoms with Crippen LogP contribution >= 0.6 is 0 Å². The van der Waals surface area contributed by atoms with E-state index in [0.717, 1.165) is 0 Å². The molecule has 0 spiro atoms. The fraction of sp³-hybridized carbons (Fsp3) is 0.364. The molecule has 0 radical (unpaired) electrons. The van der Waals surface area contributed by atoms with Gasteiger partial charge in [-0.05, 0) is 13.0 Å². The second kappa shape index (κ2) is 5.71. The smallest absolute Gasteiger partial charge is 0.241 e. The lowest BCUT2D eigenvalue weighted by Crippen LogP contribution is -2.32. The largest absolute Gasteiger partial charge is 0.374 e. The Kier molecular flexibility index (Phi) is 4.28. The molecule has 0 aliphatic rings. The number of rotatable bonds is 4. The summed E-state index contributed by atoms with van der Waals surface area (Å²) < 4.78 is 0. The van der Waals surface area contributed by atoms with E-state index in [-0.39, 0.29) is 12.5 Å². The zero-order valence-electron chi connectivity index (χ0n) is 9.40. The molecule has 0 saturated carbocycles. The standard InChI is InChI=1S/C11H14N4O/c1-3-15(2)11(16)8-14-10-7-13-5-4-9(10)6-12/h4-5,7,14H,3,8H2,1-2H3. The molecule has 0 aliphatic carbocycles. The highest BCUT2D eigenvalue weighted by molar-refractivity contribution is 5.81. The van der Waals surface area contributed by atoms with E-state index >= 15 is 0 Å². The van der Waals surface area contributed by atoms with E-state index < -0.39 is 0 Å². The van der Waals surface area contributed by atoms with Crippen LogP contribution in [0.5, 0.6) is 0 Å². The Morgan fingerprint density at radius 1 is 1.69 bits per heavy atom. The van der Waals surface area contributed by atoms with Crippen LogP contribution in [0, 0.1) is 11.3 Å². The Labute approximate surface area is 94.7 Å². The number of nitrogens with one attached hydrogen (secondary N) is 1. The lowest BCUT2D eigenvalue weighted by Gasteiger charge is -2.15. The van der Waals surface area contributed by atoms with Gasteiger partial charge in [-0.3, -0.25) is 9.78 Å². The zero-order chi connectivity index (χ0) is 12.0. The topological polar surface area (TPSA) is 69.0 Å². The van der Waals surface area contributed by atoms with Crippen LogP contribution in [0.2, 0.25) is 0 Å². The number of likely N-dealkylation sites (N-methyl/N-ethyl adjacent to an activating group) is 1. The van der Waals surface area contributed by atoms with E-state index in [1.807, 2.05) is 13.0 Å². The van der Waals surface area contributed by atoms with Gasteiger partial charge in [0.25, 0.3) is 0 Å². The summed E-state index contributed by atoms with van der Waals surface area (Å²) in [7, 11) is 1.73. The van der Waals surface area contributed by atoms with Gasteiger partial charge < -0.3 is 10.2 Å². The molecule has 1 heterocycles. The number of nitrogens with zero attached hydrogens (tertiary/aromatic N) is 3. The average Bonchev–Trinajstić information content (AvgIpc) is 2.35. The third-order valence-corrected chi connectivity index (χ3v) is 2.27. The lowest BCUT2D eigenvalue weighted by atomic mass is 10.2.